The molecule has 2 unspecified atom stereocenters. The molecule has 2 rings (SSSR count). The summed E-state index contributed by atoms with van der Waals surface area (Å²) in [7, 11) is 0. The Morgan fingerprint density at radius 2 is 2.17 bits per heavy atom. The fourth-order valence-electron chi connectivity index (χ4n) is 2.13. The van der Waals surface area contributed by atoms with Crippen molar-refractivity contribution >= 4 is 23.5 Å². The SMILES string of the molecule is CCCc1nc(C2SCCSC2C)ncc1CN. The maximum absolute atomic E-state index is 5.75. The molecule has 0 spiro atoms. The van der Waals surface area contributed by atoms with Crippen LogP contribution >= 0.6 is 23.5 Å². The minimum Gasteiger partial charge on any atom is -0.326 e. The zero-order chi connectivity index (χ0) is 13.0. The first kappa shape index (κ1) is 14.2. The molecule has 0 bridgehead atoms. The molecule has 1 aliphatic heterocycles. The van der Waals surface area contributed by atoms with E-state index in [1.807, 2.05) is 29.7 Å². The highest BCUT2D eigenvalue weighted by Gasteiger charge is 2.26. The average molecular weight is 283 g/mol. The molecule has 1 fully saturated rings. The van der Waals surface area contributed by atoms with Crippen LogP contribution in [0.5, 0.6) is 0 Å². The molecular formula is C13H21N3S2. The monoisotopic (exact) mass is 283 g/mol. The summed E-state index contributed by atoms with van der Waals surface area (Å²) in [4.78, 5) is 9.32. The number of hydrogen-bond donors (Lipinski definition) is 1. The van der Waals surface area contributed by atoms with Crippen LogP contribution in [0.15, 0.2) is 6.20 Å². The zero-order valence-electron chi connectivity index (χ0n) is 11.1. The fourth-order valence-corrected chi connectivity index (χ4v) is 4.83. The summed E-state index contributed by atoms with van der Waals surface area (Å²) in [5.74, 6) is 3.44. The number of rotatable bonds is 4. The van der Waals surface area contributed by atoms with Gasteiger partial charge in [-0.3, -0.25) is 0 Å². The second-order valence-corrected chi connectivity index (χ2v) is 7.26. The summed E-state index contributed by atoms with van der Waals surface area (Å²) in [5, 5.41) is 1.04. The fraction of sp³-hybridized carbons (Fsp3) is 0.692. The second kappa shape index (κ2) is 6.78. The third-order valence-electron chi connectivity index (χ3n) is 3.12. The van der Waals surface area contributed by atoms with E-state index >= 15 is 0 Å². The predicted molar refractivity (Wildman–Crippen MR) is 81.0 cm³/mol. The number of nitrogens with two attached hydrogens (primary N) is 1. The minimum absolute atomic E-state index is 0.436. The van der Waals surface area contributed by atoms with Crippen LogP contribution in [0.2, 0.25) is 0 Å². The molecule has 18 heavy (non-hydrogen) atoms. The zero-order valence-corrected chi connectivity index (χ0v) is 12.7. The number of aryl methyl sites for hydroxylation is 1. The molecule has 1 aliphatic rings. The first-order chi connectivity index (χ1) is 8.76. The van der Waals surface area contributed by atoms with Crippen molar-refractivity contribution in [1.82, 2.24) is 9.97 Å². The van der Waals surface area contributed by atoms with Crippen LogP contribution in [0.1, 0.15) is 42.6 Å². The molecule has 2 N–H and O–H groups in total. The van der Waals surface area contributed by atoms with Crippen molar-refractivity contribution in [2.24, 2.45) is 5.73 Å². The van der Waals surface area contributed by atoms with E-state index in [0.29, 0.717) is 17.0 Å². The van der Waals surface area contributed by atoms with Crippen molar-refractivity contribution in [1.29, 1.82) is 0 Å². The Kier molecular flexibility index (Phi) is 5.33. The van der Waals surface area contributed by atoms with E-state index in [-0.39, 0.29) is 0 Å². The van der Waals surface area contributed by atoms with Gasteiger partial charge in [-0.05, 0) is 6.42 Å². The molecule has 5 heteroatoms. The van der Waals surface area contributed by atoms with Crippen LogP contribution in [-0.2, 0) is 13.0 Å². The summed E-state index contributed by atoms with van der Waals surface area (Å²) in [6.07, 6.45) is 4.03. The Hall–Kier alpha value is -0.260. The maximum Gasteiger partial charge on any atom is 0.142 e. The van der Waals surface area contributed by atoms with Gasteiger partial charge in [0.1, 0.15) is 5.82 Å². The van der Waals surface area contributed by atoms with Gasteiger partial charge in [0.05, 0.1) is 5.25 Å². The highest BCUT2D eigenvalue weighted by molar-refractivity contribution is 8.06. The number of nitrogens with zero attached hydrogens (tertiary/aromatic N) is 2. The first-order valence-corrected chi connectivity index (χ1v) is 8.64. The van der Waals surface area contributed by atoms with Gasteiger partial charge >= 0.3 is 0 Å². The molecule has 0 radical (unpaired) electrons. The summed E-state index contributed by atoms with van der Waals surface area (Å²) in [6.45, 7) is 4.99. The lowest BCUT2D eigenvalue weighted by Crippen LogP contribution is -2.19. The smallest absolute Gasteiger partial charge is 0.142 e. The lowest BCUT2D eigenvalue weighted by Gasteiger charge is -2.27. The van der Waals surface area contributed by atoms with Crippen molar-refractivity contribution in [3.05, 3.63) is 23.3 Å². The molecule has 1 aromatic heterocycles. The Bertz CT molecular complexity index is 398. The maximum atomic E-state index is 5.75. The molecule has 2 heterocycles. The summed E-state index contributed by atoms with van der Waals surface area (Å²) in [6, 6.07) is 0. The molecule has 3 nitrogen and oxygen atoms in total. The van der Waals surface area contributed by atoms with E-state index in [9.17, 15) is 0 Å². The molecule has 1 saturated heterocycles. The standard InChI is InChI=1S/C13H21N3S2/c1-3-4-11-10(7-14)8-15-13(16-11)12-9(2)17-5-6-18-12/h8-9,12H,3-7,14H2,1-2H3. The van der Waals surface area contributed by atoms with E-state index in [1.165, 1.54) is 11.5 Å². The minimum atomic E-state index is 0.436. The van der Waals surface area contributed by atoms with Gasteiger partial charge in [-0.15, -0.1) is 11.8 Å². The number of aromatic nitrogens is 2. The molecular weight excluding hydrogens is 262 g/mol. The van der Waals surface area contributed by atoms with Gasteiger partial charge in [-0.1, -0.05) is 20.3 Å². The quantitative estimate of drug-likeness (QED) is 0.921. The third kappa shape index (κ3) is 3.19. The summed E-state index contributed by atoms with van der Waals surface area (Å²) in [5.41, 5.74) is 7.99. The Morgan fingerprint density at radius 1 is 1.39 bits per heavy atom. The molecule has 0 aromatic carbocycles. The van der Waals surface area contributed by atoms with E-state index in [1.54, 1.807) is 0 Å². The number of thioether (sulfide) groups is 2. The molecule has 1 aromatic rings. The van der Waals surface area contributed by atoms with Crippen molar-refractivity contribution in [2.45, 2.75) is 43.7 Å². The van der Waals surface area contributed by atoms with Crippen LogP contribution in [0.3, 0.4) is 0 Å². The second-order valence-electron chi connectivity index (χ2n) is 4.52. The summed E-state index contributed by atoms with van der Waals surface area (Å²) < 4.78 is 0. The van der Waals surface area contributed by atoms with Crippen molar-refractivity contribution < 1.29 is 0 Å². The molecule has 0 saturated carbocycles. The van der Waals surface area contributed by atoms with E-state index in [2.05, 4.69) is 18.8 Å². The van der Waals surface area contributed by atoms with Gasteiger partial charge in [-0.25, -0.2) is 9.97 Å². The van der Waals surface area contributed by atoms with Crippen LogP contribution in [0, 0.1) is 0 Å². The highest BCUT2D eigenvalue weighted by atomic mass is 32.2. The van der Waals surface area contributed by atoms with Gasteiger partial charge in [0.2, 0.25) is 0 Å². The predicted octanol–water partition coefficient (Wildman–Crippen LogP) is 2.80. The Balaban J connectivity index is 2.24. The average Bonchev–Trinajstić information content (AvgIpc) is 2.40. The van der Waals surface area contributed by atoms with Crippen molar-refractivity contribution in [3.63, 3.8) is 0 Å². The van der Waals surface area contributed by atoms with E-state index in [4.69, 9.17) is 10.7 Å². The molecule has 0 aliphatic carbocycles. The Morgan fingerprint density at radius 3 is 2.83 bits per heavy atom. The van der Waals surface area contributed by atoms with Crippen molar-refractivity contribution in [3.8, 4) is 0 Å². The van der Waals surface area contributed by atoms with Gasteiger partial charge < -0.3 is 5.73 Å². The van der Waals surface area contributed by atoms with Crippen LogP contribution < -0.4 is 5.73 Å². The van der Waals surface area contributed by atoms with Crippen LogP contribution in [0.4, 0.5) is 0 Å². The van der Waals surface area contributed by atoms with Crippen LogP contribution in [-0.4, -0.2) is 26.7 Å². The van der Waals surface area contributed by atoms with Crippen LogP contribution in [0.25, 0.3) is 0 Å². The lowest BCUT2D eigenvalue weighted by molar-refractivity contribution is 0.767. The van der Waals surface area contributed by atoms with E-state index < -0.39 is 0 Å². The largest absolute Gasteiger partial charge is 0.326 e. The molecule has 0 amide bonds. The first-order valence-electron chi connectivity index (χ1n) is 6.54. The van der Waals surface area contributed by atoms with E-state index in [0.717, 1.165) is 29.9 Å². The van der Waals surface area contributed by atoms with Gasteiger partial charge in [0, 0.05) is 40.8 Å². The van der Waals surface area contributed by atoms with Gasteiger partial charge in [0.25, 0.3) is 0 Å². The summed E-state index contributed by atoms with van der Waals surface area (Å²) >= 11 is 4.01. The Labute approximate surface area is 118 Å². The van der Waals surface area contributed by atoms with Gasteiger partial charge in [0.15, 0.2) is 0 Å². The lowest BCUT2D eigenvalue weighted by atomic mass is 10.1. The van der Waals surface area contributed by atoms with Gasteiger partial charge in [-0.2, -0.15) is 11.8 Å². The van der Waals surface area contributed by atoms with Crippen molar-refractivity contribution in [2.75, 3.05) is 11.5 Å². The normalized spacial score (nSPS) is 24.2. The molecule has 100 valence electrons. The third-order valence-corrected chi connectivity index (χ3v) is 6.21. The highest BCUT2D eigenvalue weighted by Crippen LogP contribution is 2.41. The topological polar surface area (TPSA) is 51.8 Å². The number of hydrogen-bond acceptors (Lipinski definition) is 5. The molecule has 2 atom stereocenters.